The van der Waals surface area contributed by atoms with Crippen LogP contribution in [0.5, 0.6) is 0 Å². The van der Waals surface area contributed by atoms with E-state index >= 15 is 0 Å². The second kappa shape index (κ2) is 5.15. The fraction of sp³-hybridized carbons (Fsp3) is 0.538. The molecule has 1 heterocycles. The lowest BCUT2D eigenvalue weighted by Gasteiger charge is -2.34. The third-order valence-electron chi connectivity index (χ3n) is 3.46. The van der Waals surface area contributed by atoms with Crippen molar-refractivity contribution in [1.82, 2.24) is 0 Å². The average Bonchev–Trinajstić information content (AvgIpc) is 2.32. The number of hydrogen-bond acceptors (Lipinski definition) is 3. The maximum Gasteiger partial charge on any atom is 0.0739 e. The van der Waals surface area contributed by atoms with Crippen molar-refractivity contribution in [1.29, 1.82) is 0 Å². The predicted molar refractivity (Wildman–Crippen MR) is 72.5 cm³/mol. The van der Waals surface area contributed by atoms with Crippen LogP contribution in [0, 0.1) is 5.41 Å². The zero-order valence-corrected chi connectivity index (χ0v) is 10.9. The van der Waals surface area contributed by atoms with Crippen LogP contribution in [0.15, 0.2) is 18.2 Å². The summed E-state index contributed by atoms with van der Waals surface area (Å²) in [4.78, 5) is 0. The second-order valence-electron chi connectivity index (χ2n) is 4.98. The van der Waals surface area contributed by atoms with Crippen LogP contribution in [-0.2, 0) is 4.74 Å². The summed E-state index contributed by atoms with van der Waals surface area (Å²) in [6, 6.07) is 5.68. The van der Waals surface area contributed by atoms with E-state index in [4.69, 9.17) is 22.1 Å². The van der Waals surface area contributed by atoms with Crippen LogP contribution in [0.2, 0.25) is 5.02 Å². The number of hydrogen-bond donors (Lipinski definition) is 2. The lowest BCUT2D eigenvalue weighted by atomic mass is 9.82. The van der Waals surface area contributed by atoms with E-state index in [1.54, 1.807) is 6.07 Å². The summed E-state index contributed by atoms with van der Waals surface area (Å²) >= 11 is 5.99. The molecule has 1 aromatic rings. The summed E-state index contributed by atoms with van der Waals surface area (Å²) < 4.78 is 5.39. The zero-order chi connectivity index (χ0) is 12.3. The summed E-state index contributed by atoms with van der Waals surface area (Å²) in [6.45, 7) is 4.89. The van der Waals surface area contributed by atoms with Gasteiger partial charge < -0.3 is 15.8 Å². The summed E-state index contributed by atoms with van der Waals surface area (Å²) in [7, 11) is 0. The highest BCUT2D eigenvalue weighted by Gasteiger charge is 2.27. The molecule has 0 spiro atoms. The van der Waals surface area contributed by atoms with Gasteiger partial charge in [-0.2, -0.15) is 0 Å². The number of rotatable bonds is 3. The van der Waals surface area contributed by atoms with Gasteiger partial charge >= 0.3 is 0 Å². The Morgan fingerprint density at radius 2 is 2.12 bits per heavy atom. The fourth-order valence-corrected chi connectivity index (χ4v) is 2.22. The minimum atomic E-state index is 0.285. The third-order valence-corrected chi connectivity index (χ3v) is 3.79. The van der Waals surface area contributed by atoms with Crippen LogP contribution in [0.1, 0.15) is 19.8 Å². The molecule has 17 heavy (non-hydrogen) atoms. The molecule has 1 saturated heterocycles. The molecule has 0 bridgehead atoms. The van der Waals surface area contributed by atoms with Crippen molar-refractivity contribution in [2.45, 2.75) is 19.8 Å². The Kier molecular flexibility index (Phi) is 3.79. The van der Waals surface area contributed by atoms with Crippen molar-refractivity contribution in [2.75, 3.05) is 30.8 Å². The van der Waals surface area contributed by atoms with E-state index in [1.807, 2.05) is 12.1 Å². The molecular formula is C13H19ClN2O. The normalized spacial score (nSPS) is 18.9. The smallest absolute Gasteiger partial charge is 0.0739 e. The van der Waals surface area contributed by atoms with Gasteiger partial charge in [0.15, 0.2) is 0 Å². The molecule has 0 amide bonds. The molecule has 1 aliphatic heterocycles. The van der Waals surface area contributed by atoms with Gasteiger partial charge in [-0.1, -0.05) is 24.6 Å². The molecule has 0 saturated carbocycles. The first-order valence-electron chi connectivity index (χ1n) is 5.96. The van der Waals surface area contributed by atoms with E-state index in [0.29, 0.717) is 10.7 Å². The van der Waals surface area contributed by atoms with Crippen molar-refractivity contribution >= 4 is 23.0 Å². The molecule has 0 atom stereocenters. The molecule has 2 rings (SSSR count). The first-order chi connectivity index (χ1) is 8.11. The number of benzene rings is 1. The highest BCUT2D eigenvalue weighted by molar-refractivity contribution is 6.33. The van der Waals surface area contributed by atoms with Crippen molar-refractivity contribution < 1.29 is 4.74 Å². The van der Waals surface area contributed by atoms with Gasteiger partial charge in [0.05, 0.1) is 16.4 Å². The van der Waals surface area contributed by atoms with Crippen molar-refractivity contribution in [3.8, 4) is 0 Å². The molecular weight excluding hydrogens is 236 g/mol. The topological polar surface area (TPSA) is 47.3 Å². The minimum Gasteiger partial charge on any atom is -0.396 e. The molecule has 3 N–H and O–H groups in total. The molecule has 0 aromatic heterocycles. The van der Waals surface area contributed by atoms with Crippen LogP contribution < -0.4 is 11.1 Å². The maximum atomic E-state index is 5.99. The van der Waals surface area contributed by atoms with Crippen molar-refractivity contribution in [2.24, 2.45) is 5.41 Å². The van der Waals surface area contributed by atoms with E-state index < -0.39 is 0 Å². The zero-order valence-electron chi connectivity index (χ0n) is 10.1. The summed E-state index contributed by atoms with van der Waals surface area (Å²) in [6.07, 6.45) is 2.17. The van der Waals surface area contributed by atoms with Gasteiger partial charge in [0.1, 0.15) is 0 Å². The average molecular weight is 255 g/mol. The van der Waals surface area contributed by atoms with Crippen molar-refractivity contribution in [3.63, 3.8) is 0 Å². The Bertz CT molecular complexity index is 389. The van der Waals surface area contributed by atoms with Gasteiger partial charge in [0.2, 0.25) is 0 Å². The number of nitrogen functional groups attached to an aromatic ring is 1. The molecule has 1 aliphatic rings. The Balaban J connectivity index is 1.99. The molecule has 0 radical (unpaired) electrons. The first kappa shape index (κ1) is 12.5. The molecule has 1 fully saturated rings. The van der Waals surface area contributed by atoms with E-state index in [1.165, 1.54) is 0 Å². The first-order valence-corrected chi connectivity index (χ1v) is 6.34. The second-order valence-corrected chi connectivity index (χ2v) is 5.38. The number of nitrogens with two attached hydrogens (primary N) is 1. The van der Waals surface area contributed by atoms with Crippen LogP contribution in [0.25, 0.3) is 0 Å². The van der Waals surface area contributed by atoms with Crippen LogP contribution in [0.3, 0.4) is 0 Å². The highest BCUT2D eigenvalue weighted by Crippen LogP contribution is 2.32. The van der Waals surface area contributed by atoms with Crippen LogP contribution >= 0.6 is 11.6 Å². The summed E-state index contributed by atoms with van der Waals surface area (Å²) in [5.74, 6) is 0. The van der Waals surface area contributed by atoms with Gasteiger partial charge in [0.25, 0.3) is 0 Å². The SMILES string of the molecule is CC1(CNc2cccc(Cl)c2N)CCOCC1. The lowest BCUT2D eigenvalue weighted by molar-refractivity contribution is 0.0300. The fourth-order valence-electron chi connectivity index (χ4n) is 2.04. The number of anilines is 2. The van der Waals surface area contributed by atoms with E-state index in [0.717, 1.165) is 38.3 Å². The molecule has 0 aliphatic carbocycles. The summed E-state index contributed by atoms with van der Waals surface area (Å²) in [5, 5.41) is 4.00. The van der Waals surface area contributed by atoms with E-state index in [-0.39, 0.29) is 5.41 Å². The summed E-state index contributed by atoms with van der Waals surface area (Å²) in [5.41, 5.74) is 7.76. The Morgan fingerprint density at radius 1 is 1.41 bits per heavy atom. The monoisotopic (exact) mass is 254 g/mol. The van der Waals surface area contributed by atoms with Gasteiger partial charge in [-0.25, -0.2) is 0 Å². The van der Waals surface area contributed by atoms with Gasteiger partial charge in [-0.15, -0.1) is 0 Å². The quantitative estimate of drug-likeness (QED) is 0.815. The standard InChI is InChI=1S/C13H19ClN2O/c1-13(5-7-17-8-6-13)9-16-11-4-2-3-10(14)12(11)15/h2-4,16H,5-9,15H2,1H3. The Morgan fingerprint density at radius 3 is 2.82 bits per heavy atom. The molecule has 94 valence electrons. The van der Waals surface area contributed by atoms with Gasteiger partial charge in [-0.05, 0) is 30.4 Å². The van der Waals surface area contributed by atoms with Gasteiger partial charge in [-0.3, -0.25) is 0 Å². The number of halogens is 1. The maximum absolute atomic E-state index is 5.99. The molecule has 1 aromatic carbocycles. The number of para-hydroxylation sites is 1. The minimum absolute atomic E-state index is 0.285. The number of nitrogens with one attached hydrogen (secondary N) is 1. The molecule has 3 nitrogen and oxygen atoms in total. The van der Waals surface area contributed by atoms with Crippen LogP contribution in [-0.4, -0.2) is 19.8 Å². The Labute approximate surface area is 107 Å². The van der Waals surface area contributed by atoms with Crippen molar-refractivity contribution in [3.05, 3.63) is 23.2 Å². The van der Waals surface area contributed by atoms with Crippen LogP contribution in [0.4, 0.5) is 11.4 Å². The van der Waals surface area contributed by atoms with E-state index in [9.17, 15) is 0 Å². The van der Waals surface area contributed by atoms with E-state index in [2.05, 4.69) is 12.2 Å². The molecule has 4 heteroatoms. The largest absolute Gasteiger partial charge is 0.396 e. The third kappa shape index (κ3) is 3.05. The number of ether oxygens (including phenoxy) is 1. The predicted octanol–water partition coefficient (Wildman–Crippen LogP) is 3.15. The molecule has 0 unspecified atom stereocenters. The highest BCUT2D eigenvalue weighted by atomic mass is 35.5. The Hall–Kier alpha value is -0.930. The van der Waals surface area contributed by atoms with Gasteiger partial charge in [0, 0.05) is 19.8 Å². The lowest BCUT2D eigenvalue weighted by Crippen LogP contribution is -2.33.